The van der Waals surface area contributed by atoms with E-state index in [1.54, 1.807) is 6.07 Å². The molecule has 0 aliphatic carbocycles. The van der Waals surface area contributed by atoms with E-state index in [4.69, 9.17) is 4.74 Å². The zero-order valence-electron chi connectivity index (χ0n) is 12.8. The molecule has 0 spiro atoms. The minimum Gasteiger partial charge on any atom is -0.378 e. The molecule has 2 heterocycles. The minimum atomic E-state index is -0.247. The predicted molar refractivity (Wildman–Crippen MR) is 91.9 cm³/mol. The van der Waals surface area contributed by atoms with Crippen LogP contribution in [0.2, 0.25) is 0 Å². The molecule has 1 aromatic heterocycles. The summed E-state index contributed by atoms with van der Waals surface area (Å²) in [5, 5.41) is 2.85. The number of aromatic nitrogens is 2. The third-order valence-electron chi connectivity index (χ3n) is 3.45. The Kier molecular flexibility index (Phi) is 4.88. The van der Waals surface area contributed by atoms with Crippen molar-refractivity contribution < 1.29 is 9.53 Å². The monoisotopic (exact) mass is 376 g/mol. The largest absolute Gasteiger partial charge is 0.378 e. The van der Waals surface area contributed by atoms with Crippen LogP contribution in [0, 0.1) is 6.92 Å². The molecule has 0 atom stereocenters. The third kappa shape index (κ3) is 4.05. The van der Waals surface area contributed by atoms with Crippen LogP contribution >= 0.6 is 15.9 Å². The van der Waals surface area contributed by atoms with Crippen LogP contribution in [0.15, 0.2) is 34.8 Å². The van der Waals surface area contributed by atoms with Gasteiger partial charge in [0.15, 0.2) is 0 Å². The highest BCUT2D eigenvalue weighted by atomic mass is 79.9. The van der Waals surface area contributed by atoms with Crippen molar-refractivity contribution in [3.63, 3.8) is 0 Å². The van der Waals surface area contributed by atoms with Gasteiger partial charge in [0.1, 0.15) is 5.69 Å². The molecule has 0 unspecified atom stereocenters. The summed E-state index contributed by atoms with van der Waals surface area (Å²) < 4.78 is 6.24. The van der Waals surface area contributed by atoms with E-state index in [1.807, 2.05) is 36.1 Å². The second kappa shape index (κ2) is 7.06. The Hall–Kier alpha value is -1.99. The van der Waals surface area contributed by atoms with Crippen LogP contribution in [0.4, 0.5) is 11.6 Å². The van der Waals surface area contributed by atoms with Gasteiger partial charge in [-0.1, -0.05) is 22.0 Å². The lowest BCUT2D eigenvalue weighted by Crippen LogP contribution is -2.37. The lowest BCUT2D eigenvalue weighted by molar-refractivity contribution is 0.102. The third-order valence-corrected chi connectivity index (χ3v) is 3.94. The number of carbonyl (C=O) groups excluding carboxylic acids is 1. The molecule has 1 saturated heterocycles. The summed E-state index contributed by atoms with van der Waals surface area (Å²) in [6.45, 7) is 4.63. The van der Waals surface area contributed by atoms with E-state index in [-0.39, 0.29) is 5.91 Å². The highest BCUT2D eigenvalue weighted by Gasteiger charge is 2.17. The first-order valence-corrected chi connectivity index (χ1v) is 8.16. The van der Waals surface area contributed by atoms with Crippen LogP contribution in [0.25, 0.3) is 0 Å². The molecule has 0 radical (unpaired) electrons. The van der Waals surface area contributed by atoms with Crippen molar-refractivity contribution in [3.8, 4) is 0 Å². The summed E-state index contributed by atoms with van der Waals surface area (Å²) in [7, 11) is 0. The maximum absolute atomic E-state index is 12.5. The van der Waals surface area contributed by atoms with E-state index in [2.05, 4.69) is 31.2 Å². The summed E-state index contributed by atoms with van der Waals surface area (Å²) in [5.41, 5.74) is 1.84. The van der Waals surface area contributed by atoms with Crippen LogP contribution in [0.1, 0.15) is 16.2 Å². The fourth-order valence-electron chi connectivity index (χ4n) is 2.34. The van der Waals surface area contributed by atoms with Gasteiger partial charge in [-0.3, -0.25) is 4.79 Å². The fraction of sp³-hybridized carbons (Fsp3) is 0.312. The molecule has 1 aliphatic rings. The first-order chi connectivity index (χ1) is 11.1. The summed E-state index contributed by atoms with van der Waals surface area (Å²) in [4.78, 5) is 23.3. The number of anilines is 2. The smallest absolute Gasteiger partial charge is 0.274 e. The molecular formula is C16H17BrN4O2. The van der Waals surface area contributed by atoms with Crippen molar-refractivity contribution in [2.24, 2.45) is 0 Å². The number of hydrogen-bond donors (Lipinski definition) is 1. The maximum atomic E-state index is 12.5. The number of aryl methyl sites for hydroxylation is 1. The molecule has 1 aromatic carbocycles. The molecule has 0 bridgehead atoms. The topological polar surface area (TPSA) is 67.4 Å². The number of carbonyl (C=O) groups is 1. The molecule has 1 fully saturated rings. The van der Waals surface area contributed by atoms with Crippen molar-refractivity contribution in [1.29, 1.82) is 0 Å². The average molecular weight is 377 g/mol. The molecule has 7 heteroatoms. The van der Waals surface area contributed by atoms with Crippen molar-refractivity contribution in [1.82, 2.24) is 9.97 Å². The second-order valence-corrected chi connectivity index (χ2v) is 6.17. The van der Waals surface area contributed by atoms with Gasteiger partial charge in [-0.2, -0.15) is 0 Å². The lowest BCUT2D eigenvalue weighted by atomic mass is 10.3. The van der Waals surface area contributed by atoms with Crippen molar-refractivity contribution >= 4 is 33.5 Å². The van der Waals surface area contributed by atoms with Gasteiger partial charge in [0.25, 0.3) is 5.91 Å². The van der Waals surface area contributed by atoms with E-state index < -0.39 is 0 Å². The molecule has 2 aromatic rings. The van der Waals surface area contributed by atoms with E-state index in [1.165, 1.54) is 0 Å². The Morgan fingerprint density at radius 1 is 1.26 bits per heavy atom. The number of nitrogens with zero attached hydrogens (tertiary/aromatic N) is 3. The maximum Gasteiger partial charge on any atom is 0.274 e. The van der Waals surface area contributed by atoms with E-state index in [0.29, 0.717) is 30.5 Å². The summed E-state index contributed by atoms with van der Waals surface area (Å²) in [6, 6.07) is 9.14. The number of halogens is 1. The summed E-state index contributed by atoms with van der Waals surface area (Å²) in [5.74, 6) is 0.329. The van der Waals surface area contributed by atoms with Crippen molar-refractivity contribution in [2.45, 2.75) is 6.92 Å². The Labute approximate surface area is 143 Å². The van der Waals surface area contributed by atoms with Gasteiger partial charge < -0.3 is 15.0 Å². The average Bonchev–Trinajstić information content (AvgIpc) is 2.55. The van der Waals surface area contributed by atoms with Crippen LogP contribution in [-0.4, -0.2) is 42.2 Å². The summed E-state index contributed by atoms with van der Waals surface area (Å²) >= 11 is 3.39. The first-order valence-electron chi connectivity index (χ1n) is 7.37. The van der Waals surface area contributed by atoms with Gasteiger partial charge in [0, 0.05) is 28.9 Å². The quantitative estimate of drug-likeness (QED) is 0.891. The number of ether oxygens (including phenoxy) is 1. The lowest BCUT2D eigenvalue weighted by Gasteiger charge is -2.27. The molecule has 3 rings (SSSR count). The van der Waals surface area contributed by atoms with Crippen molar-refractivity contribution in [2.75, 3.05) is 36.5 Å². The highest BCUT2D eigenvalue weighted by molar-refractivity contribution is 9.10. The molecule has 1 amide bonds. The summed E-state index contributed by atoms with van der Waals surface area (Å²) in [6.07, 6.45) is 0. The molecule has 6 nitrogen and oxygen atoms in total. The van der Waals surface area contributed by atoms with Crippen LogP contribution in [0.3, 0.4) is 0 Å². The zero-order chi connectivity index (χ0) is 16.2. The highest BCUT2D eigenvalue weighted by Crippen LogP contribution is 2.17. The normalized spacial score (nSPS) is 14.6. The van der Waals surface area contributed by atoms with Crippen LogP contribution in [0.5, 0.6) is 0 Å². The minimum absolute atomic E-state index is 0.247. The van der Waals surface area contributed by atoms with Gasteiger partial charge >= 0.3 is 0 Å². The van der Waals surface area contributed by atoms with E-state index in [9.17, 15) is 4.79 Å². The Bertz CT molecular complexity index is 717. The van der Waals surface area contributed by atoms with Gasteiger partial charge in [0.2, 0.25) is 5.95 Å². The van der Waals surface area contributed by atoms with Crippen LogP contribution < -0.4 is 10.2 Å². The molecule has 1 N–H and O–H groups in total. The van der Waals surface area contributed by atoms with Gasteiger partial charge in [0.05, 0.1) is 13.2 Å². The molecule has 0 saturated carbocycles. The van der Waals surface area contributed by atoms with Gasteiger partial charge in [-0.25, -0.2) is 9.97 Å². The van der Waals surface area contributed by atoms with Crippen LogP contribution in [-0.2, 0) is 4.74 Å². The standard InChI is InChI=1S/C16H17BrN4O2/c1-11-9-14(15(22)19-13-4-2-3-12(17)10-13)20-16(18-11)21-5-7-23-8-6-21/h2-4,9-10H,5-8H2,1H3,(H,19,22). The zero-order valence-corrected chi connectivity index (χ0v) is 14.3. The number of rotatable bonds is 3. The molecule has 1 aliphatic heterocycles. The van der Waals surface area contributed by atoms with Crippen molar-refractivity contribution in [3.05, 3.63) is 46.2 Å². The number of hydrogen-bond acceptors (Lipinski definition) is 5. The second-order valence-electron chi connectivity index (χ2n) is 5.26. The Morgan fingerprint density at radius 2 is 2.04 bits per heavy atom. The SMILES string of the molecule is Cc1cc(C(=O)Nc2cccc(Br)c2)nc(N2CCOCC2)n1. The number of amides is 1. The molecular weight excluding hydrogens is 360 g/mol. The number of nitrogens with one attached hydrogen (secondary N) is 1. The molecule has 120 valence electrons. The first kappa shape index (κ1) is 15.9. The van der Waals surface area contributed by atoms with E-state index in [0.717, 1.165) is 23.3 Å². The van der Waals surface area contributed by atoms with Gasteiger partial charge in [-0.05, 0) is 31.2 Å². The predicted octanol–water partition coefficient (Wildman–Crippen LogP) is 2.64. The number of morpholine rings is 1. The van der Waals surface area contributed by atoms with Gasteiger partial charge in [-0.15, -0.1) is 0 Å². The fourth-order valence-corrected chi connectivity index (χ4v) is 2.73. The Morgan fingerprint density at radius 3 is 2.78 bits per heavy atom. The molecule has 23 heavy (non-hydrogen) atoms. The Balaban J connectivity index is 1.81. The van der Waals surface area contributed by atoms with E-state index >= 15 is 0 Å². The number of benzene rings is 1.